The Labute approximate surface area is 202 Å². The lowest BCUT2D eigenvalue weighted by molar-refractivity contribution is 0.0444. The third kappa shape index (κ3) is 5.42. The Bertz CT molecular complexity index is 1160. The van der Waals surface area contributed by atoms with Crippen LogP contribution in [0.2, 0.25) is 0 Å². The van der Waals surface area contributed by atoms with Crippen molar-refractivity contribution >= 4 is 27.5 Å². The van der Waals surface area contributed by atoms with Gasteiger partial charge in [-0.05, 0) is 54.7 Å². The number of hydrazine groups is 1. The van der Waals surface area contributed by atoms with E-state index in [0.29, 0.717) is 42.3 Å². The topological polar surface area (TPSA) is 148 Å². The molecule has 1 aromatic carbocycles. The number of nitriles is 1. The van der Waals surface area contributed by atoms with Crippen LogP contribution < -0.4 is 22.3 Å². The second kappa shape index (κ2) is 10.3. The van der Waals surface area contributed by atoms with Crippen molar-refractivity contribution in [3.05, 3.63) is 69.7 Å². The second-order valence-electron chi connectivity index (χ2n) is 9.07. The van der Waals surface area contributed by atoms with Gasteiger partial charge in [-0.1, -0.05) is 6.07 Å². The highest BCUT2D eigenvalue weighted by Gasteiger charge is 2.38. The summed E-state index contributed by atoms with van der Waals surface area (Å²) in [5.74, 6) is 6.36. The summed E-state index contributed by atoms with van der Waals surface area (Å²) in [7, 11) is 3.84. The number of rotatable bonds is 9. The average Bonchev–Trinajstić information content (AvgIpc) is 3.01. The lowest BCUT2D eigenvalue weighted by Gasteiger charge is -2.25. The van der Waals surface area contributed by atoms with E-state index < -0.39 is 5.40 Å². The maximum absolute atomic E-state index is 12.2. The van der Waals surface area contributed by atoms with Gasteiger partial charge in [-0.3, -0.25) is 9.91 Å². The Kier molecular flexibility index (Phi) is 7.67. The zero-order valence-corrected chi connectivity index (χ0v) is 20.3. The van der Waals surface area contributed by atoms with Crippen molar-refractivity contribution in [3.63, 3.8) is 0 Å². The van der Waals surface area contributed by atoms with Gasteiger partial charge in [0.1, 0.15) is 11.9 Å². The lowest BCUT2D eigenvalue weighted by Crippen LogP contribution is -2.36. The zero-order valence-electron chi connectivity index (χ0n) is 20.3. The zero-order chi connectivity index (χ0) is 25.0. The number of aryl methyl sites for hydroxylation is 1. The Hall–Kier alpha value is -3.32. The van der Waals surface area contributed by atoms with Crippen LogP contribution in [0.1, 0.15) is 38.2 Å². The molecule has 0 saturated heterocycles. The summed E-state index contributed by atoms with van der Waals surface area (Å²) in [6, 6.07) is 7.69. The summed E-state index contributed by atoms with van der Waals surface area (Å²) in [6.45, 7) is 6.26. The fourth-order valence-electron chi connectivity index (χ4n) is 4.38. The van der Waals surface area contributed by atoms with Crippen LogP contribution in [-0.2, 0) is 16.6 Å². The third-order valence-electron chi connectivity index (χ3n) is 6.08. The first kappa shape index (κ1) is 25.3. The van der Waals surface area contributed by atoms with Crippen LogP contribution in [0.3, 0.4) is 0 Å². The van der Waals surface area contributed by atoms with E-state index in [0.717, 1.165) is 35.2 Å². The van der Waals surface area contributed by atoms with Gasteiger partial charge in [0, 0.05) is 44.3 Å². The molecule has 3 rings (SSSR count). The van der Waals surface area contributed by atoms with Crippen LogP contribution in [-0.4, -0.2) is 57.7 Å². The Morgan fingerprint density at radius 3 is 2.71 bits per heavy atom. The normalized spacial score (nSPS) is 14.6. The van der Waals surface area contributed by atoms with Crippen molar-refractivity contribution < 1.29 is 9.53 Å². The van der Waals surface area contributed by atoms with E-state index >= 15 is 0 Å². The van der Waals surface area contributed by atoms with Crippen LogP contribution in [0.15, 0.2) is 36.3 Å². The summed E-state index contributed by atoms with van der Waals surface area (Å²) < 4.78 is 5.54. The lowest BCUT2D eigenvalue weighted by atomic mass is 9.60. The molecule has 0 unspecified atom stereocenters. The number of hydrogen-bond acceptors (Lipinski definition) is 9. The molecule has 0 bridgehead atoms. The molecule has 0 spiro atoms. The van der Waals surface area contributed by atoms with E-state index in [9.17, 15) is 4.79 Å². The average molecular weight is 459 g/mol. The largest absolute Gasteiger partial charge is 0.470 e. The minimum absolute atomic E-state index is 0.268. The number of pyridine rings is 1. The van der Waals surface area contributed by atoms with Gasteiger partial charge in [0.05, 0.1) is 16.5 Å². The molecule has 2 heterocycles. The van der Waals surface area contributed by atoms with E-state index in [2.05, 4.69) is 16.0 Å². The SMILES string of the molecule is BC1(B)OC(=O)c2ccc(CCN(CCN)C/C(N)=C/N(N)c3cc(C)c(C#N)cn3)c(C)c21. The molecule has 1 aromatic heterocycles. The van der Waals surface area contributed by atoms with E-state index in [1.165, 1.54) is 11.2 Å². The highest BCUT2D eigenvalue weighted by atomic mass is 16.6. The number of nitrogens with two attached hydrogens (primary N) is 3. The summed E-state index contributed by atoms with van der Waals surface area (Å²) in [6.07, 6.45) is 3.90. The van der Waals surface area contributed by atoms with Crippen molar-refractivity contribution in [1.29, 1.82) is 5.26 Å². The molecule has 9 nitrogen and oxygen atoms in total. The Balaban J connectivity index is 1.70. The highest BCUT2D eigenvalue weighted by molar-refractivity contribution is 6.41. The first-order chi connectivity index (χ1) is 16.1. The molecule has 0 saturated carbocycles. The fraction of sp³-hybridized carbons (Fsp3) is 0.348. The molecule has 0 fully saturated rings. The summed E-state index contributed by atoms with van der Waals surface area (Å²) in [5, 5.41) is 9.80. The van der Waals surface area contributed by atoms with Crippen molar-refractivity contribution in [1.82, 2.24) is 9.88 Å². The molecule has 0 radical (unpaired) electrons. The van der Waals surface area contributed by atoms with Crippen molar-refractivity contribution in [2.24, 2.45) is 17.3 Å². The fourth-order valence-corrected chi connectivity index (χ4v) is 4.38. The van der Waals surface area contributed by atoms with Gasteiger partial charge in [-0.2, -0.15) is 5.26 Å². The maximum atomic E-state index is 12.2. The number of ether oxygens (including phenoxy) is 1. The molecule has 2 aromatic rings. The number of hydrogen-bond donors (Lipinski definition) is 3. The predicted octanol–water partition coefficient (Wildman–Crippen LogP) is -0.899. The smallest absolute Gasteiger partial charge is 0.337 e. The van der Waals surface area contributed by atoms with Gasteiger partial charge in [0.25, 0.3) is 0 Å². The summed E-state index contributed by atoms with van der Waals surface area (Å²) in [4.78, 5) is 18.5. The molecule has 176 valence electrons. The molecule has 11 heteroatoms. The number of nitrogens with zero attached hydrogens (tertiary/aromatic N) is 4. The number of cyclic esters (lactones) is 1. The van der Waals surface area contributed by atoms with Crippen molar-refractivity contribution in [2.75, 3.05) is 31.2 Å². The molecule has 0 atom stereocenters. The van der Waals surface area contributed by atoms with E-state index in [1.54, 1.807) is 12.3 Å². The van der Waals surface area contributed by atoms with Crippen LogP contribution in [0.5, 0.6) is 0 Å². The van der Waals surface area contributed by atoms with Gasteiger partial charge in [0.15, 0.2) is 15.7 Å². The first-order valence-electron chi connectivity index (χ1n) is 11.2. The monoisotopic (exact) mass is 459 g/mol. The Morgan fingerprint density at radius 2 is 2.06 bits per heavy atom. The quantitative estimate of drug-likeness (QED) is 0.188. The number of carbonyl (C=O) groups is 1. The number of aromatic nitrogens is 1. The van der Waals surface area contributed by atoms with Crippen molar-refractivity contribution in [2.45, 2.75) is 25.7 Å². The van der Waals surface area contributed by atoms with E-state index in [-0.39, 0.29) is 5.97 Å². The van der Waals surface area contributed by atoms with Crippen LogP contribution in [0.25, 0.3) is 0 Å². The molecular formula is C23H31B2N7O2. The molecule has 0 aliphatic carbocycles. The van der Waals surface area contributed by atoms with Crippen LogP contribution in [0.4, 0.5) is 5.82 Å². The molecule has 1 aliphatic heterocycles. The van der Waals surface area contributed by atoms with Crippen LogP contribution in [0, 0.1) is 25.2 Å². The van der Waals surface area contributed by atoms with E-state index in [4.69, 9.17) is 27.3 Å². The van der Waals surface area contributed by atoms with E-state index in [1.807, 2.05) is 41.7 Å². The van der Waals surface area contributed by atoms with Gasteiger partial charge in [0.2, 0.25) is 0 Å². The second-order valence-corrected chi connectivity index (χ2v) is 9.07. The molecule has 0 amide bonds. The number of esters is 1. The van der Waals surface area contributed by atoms with Gasteiger partial charge in [-0.15, -0.1) is 0 Å². The minimum Gasteiger partial charge on any atom is -0.470 e. The number of anilines is 1. The first-order valence-corrected chi connectivity index (χ1v) is 11.2. The van der Waals surface area contributed by atoms with Gasteiger partial charge >= 0.3 is 5.97 Å². The molecule has 6 N–H and O–H groups in total. The standard InChI is InChI=1S/C23H31B2N7O2/c1-14-9-20(30-11-17(14)10-27)32(29)13-18(28)12-31(8-6-26)7-5-16-3-4-19-21(15(16)2)23(24,25)34-22(19)33/h3-4,9,11,13H,5-8,12,24-26,28-29H2,1-2H3/b18-13-. The number of benzene rings is 1. The predicted molar refractivity (Wildman–Crippen MR) is 137 cm³/mol. The highest BCUT2D eigenvalue weighted by Crippen LogP contribution is 2.35. The molecule has 34 heavy (non-hydrogen) atoms. The number of carbonyl (C=O) groups excluding carboxylic acids is 1. The summed E-state index contributed by atoms with van der Waals surface area (Å²) in [5.41, 5.74) is 17.8. The molecular weight excluding hydrogens is 428 g/mol. The van der Waals surface area contributed by atoms with Gasteiger partial charge in [-0.25, -0.2) is 15.6 Å². The summed E-state index contributed by atoms with van der Waals surface area (Å²) >= 11 is 0. The number of fused-ring (bicyclic) bond motifs is 1. The molecule has 1 aliphatic rings. The maximum Gasteiger partial charge on any atom is 0.337 e. The minimum atomic E-state index is -0.626. The Morgan fingerprint density at radius 1 is 1.32 bits per heavy atom. The van der Waals surface area contributed by atoms with Crippen molar-refractivity contribution in [3.8, 4) is 6.07 Å². The van der Waals surface area contributed by atoms with Crippen LogP contribution >= 0.6 is 0 Å². The third-order valence-corrected chi connectivity index (χ3v) is 6.08. The van der Waals surface area contributed by atoms with Gasteiger partial charge < -0.3 is 16.2 Å².